The van der Waals surface area contributed by atoms with Gasteiger partial charge in [-0.15, -0.1) is 0 Å². The van der Waals surface area contributed by atoms with Crippen molar-refractivity contribution < 1.29 is 0 Å². The van der Waals surface area contributed by atoms with Crippen LogP contribution in [0.1, 0.15) is 44.9 Å². The highest BCUT2D eigenvalue weighted by Gasteiger charge is 2.17. The van der Waals surface area contributed by atoms with Crippen LogP contribution in [0.25, 0.3) is 0 Å². The van der Waals surface area contributed by atoms with Gasteiger partial charge in [0, 0.05) is 24.4 Å². The van der Waals surface area contributed by atoms with Gasteiger partial charge in [-0.2, -0.15) is 0 Å². The van der Waals surface area contributed by atoms with Crippen molar-refractivity contribution in [3.05, 3.63) is 29.6 Å². The standard InChI is InChI=1S/C15H26N2/c1-5-8-12(3)14(16-6-2)11-15-13(4)9-7-10-17-15/h7,9-10,12,14,16H,5-6,8,11H2,1-4H3. The van der Waals surface area contributed by atoms with Crippen molar-refractivity contribution in [2.45, 2.75) is 53.0 Å². The number of aryl methyl sites for hydroxylation is 1. The molecule has 0 aliphatic heterocycles. The number of aromatic nitrogens is 1. The van der Waals surface area contributed by atoms with Gasteiger partial charge in [-0.05, 0) is 37.4 Å². The molecule has 0 spiro atoms. The van der Waals surface area contributed by atoms with Crippen molar-refractivity contribution in [3.8, 4) is 0 Å². The summed E-state index contributed by atoms with van der Waals surface area (Å²) in [6.45, 7) is 9.96. The van der Waals surface area contributed by atoms with Crippen LogP contribution in [0.2, 0.25) is 0 Å². The van der Waals surface area contributed by atoms with E-state index in [0.29, 0.717) is 12.0 Å². The first-order valence-electron chi connectivity index (χ1n) is 6.82. The summed E-state index contributed by atoms with van der Waals surface area (Å²) >= 11 is 0. The Balaban J connectivity index is 2.69. The van der Waals surface area contributed by atoms with Gasteiger partial charge in [0.05, 0.1) is 0 Å². The number of nitrogens with zero attached hydrogens (tertiary/aromatic N) is 1. The fourth-order valence-electron chi connectivity index (χ4n) is 2.33. The molecule has 1 rings (SSSR count). The molecule has 0 saturated heterocycles. The maximum atomic E-state index is 4.50. The lowest BCUT2D eigenvalue weighted by Crippen LogP contribution is -2.37. The molecule has 0 aromatic carbocycles. The quantitative estimate of drug-likeness (QED) is 0.782. The highest BCUT2D eigenvalue weighted by atomic mass is 14.9. The van der Waals surface area contributed by atoms with Gasteiger partial charge in [0.15, 0.2) is 0 Å². The molecule has 1 aromatic rings. The molecule has 0 saturated carbocycles. The van der Waals surface area contributed by atoms with Crippen LogP contribution in [0.4, 0.5) is 0 Å². The maximum absolute atomic E-state index is 4.50. The fraction of sp³-hybridized carbons (Fsp3) is 0.667. The minimum atomic E-state index is 0.550. The molecule has 0 fully saturated rings. The summed E-state index contributed by atoms with van der Waals surface area (Å²) in [4.78, 5) is 4.50. The van der Waals surface area contributed by atoms with Crippen LogP contribution in [-0.2, 0) is 6.42 Å². The molecule has 2 heteroatoms. The van der Waals surface area contributed by atoms with Gasteiger partial charge in [-0.1, -0.05) is 33.3 Å². The number of hydrogen-bond donors (Lipinski definition) is 1. The third-order valence-electron chi connectivity index (χ3n) is 3.43. The van der Waals surface area contributed by atoms with E-state index in [-0.39, 0.29) is 0 Å². The molecule has 17 heavy (non-hydrogen) atoms. The summed E-state index contributed by atoms with van der Waals surface area (Å²) in [5, 5.41) is 3.60. The molecule has 2 nitrogen and oxygen atoms in total. The number of pyridine rings is 1. The second-order valence-corrected chi connectivity index (χ2v) is 4.90. The average Bonchev–Trinajstić information content (AvgIpc) is 2.31. The summed E-state index contributed by atoms with van der Waals surface area (Å²) in [6, 6.07) is 4.71. The van der Waals surface area contributed by atoms with Crippen LogP contribution >= 0.6 is 0 Å². The molecule has 0 radical (unpaired) electrons. The highest BCUT2D eigenvalue weighted by Crippen LogP contribution is 2.16. The van der Waals surface area contributed by atoms with Crippen molar-refractivity contribution in [1.29, 1.82) is 0 Å². The lowest BCUT2D eigenvalue weighted by molar-refractivity contribution is 0.355. The molecule has 1 aromatic heterocycles. The molecule has 0 aliphatic rings. The summed E-state index contributed by atoms with van der Waals surface area (Å²) in [6.07, 6.45) is 5.48. The van der Waals surface area contributed by atoms with Gasteiger partial charge in [0.1, 0.15) is 0 Å². The van der Waals surface area contributed by atoms with E-state index in [9.17, 15) is 0 Å². The van der Waals surface area contributed by atoms with Crippen LogP contribution in [-0.4, -0.2) is 17.6 Å². The van der Waals surface area contributed by atoms with Crippen molar-refractivity contribution >= 4 is 0 Å². The zero-order chi connectivity index (χ0) is 12.7. The van der Waals surface area contributed by atoms with Gasteiger partial charge in [-0.25, -0.2) is 0 Å². The molecule has 96 valence electrons. The Kier molecular flexibility index (Phi) is 6.20. The van der Waals surface area contributed by atoms with E-state index in [1.807, 2.05) is 12.3 Å². The van der Waals surface area contributed by atoms with Crippen LogP contribution < -0.4 is 5.32 Å². The smallest absolute Gasteiger partial charge is 0.0448 e. The molecule has 1 N–H and O–H groups in total. The van der Waals surface area contributed by atoms with Crippen molar-refractivity contribution in [2.24, 2.45) is 5.92 Å². The molecule has 2 unspecified atom stereocenters. The second-order valence-electron chi connectivity index (χ2n) is 4.90. The van der Waals surface area contributed by atoms with Crippen molar-refractivity contribution in [2.75, 3.05) is 6.54 Å². The molecule has 2 atom stereocenters. The minimum absolute atomic E-state index is 0.550. The average molecular weight is 234 g/mol. The molecular formula is C15H26N2. The van der Waals surface area contributed by atoms with Gasteiger partial charge >= 0.3 is 0 Å². The molecule has 0 bridgehead atoms. The maximum Gasteiger partial charge on any atom is 0.0448 e. The van der Waals surface area contributed by atoms with Crippen LogP contribution in [0.15, 0.2) is 18.3 Å². The monoisotopic (exact) mass is 234 g/mol. The van der Waals surface area contributed by atoms with E-state index in [4.69, 9.17) is 0 Å². The zero-order valence-corrected chi connectivity index (χ0v) is 11.7. The van der Waals surface area contributed by atoms with Crippen LogP contribution in [0.3, 0.4) is 0 Å². The second kappa shape index (κ2) is 7.44. The van der Waals surface area contributed by atoms with E-state index in [1.165, 1.54) is 24.1 Å². The minimum Gasteiger partial charge on any atom is -0.314 e. The lowest BCUT2D eigenvalue weighted by Gasteiger charge is -2.24. The van der Waals surface area contributed by atoms with Crippen molar-refractivity contribution in [1.82, 2.24) is 10.3 Å². The predicted molar refractivity (Wildman–Crippen MR) is 74.2 cm³/mol. The third-order valence-corrected chi connectivity index (χ3v) is 3.43. The number of rotatable bonds is 7. The Labute approximate surface area is 106 Å². The molecular weight excluding hydrogens is 208 g/mol. The van der Waals surface area contributed by atoms with E-state index in [2.05, 4.69) is 44.1 Å². The van der Waals surface area contributed by atoms with Crippen molar-refractivity contribution in [3.63, 3.8) is 0 Å². The highest BCUT2D eigenvalue weighted by molar-refractivity contribution is 5.18. The summed E-state index contributed by atoms with van der Waals surface area (Å²) in [7, 11) is 0. The Hall–Kier alpha value is -0.890. The van der Waals surface area contributed by atoms with Gasteiger partial charge in [0.2, 0.25) is 0 Å². The molecule has 0 amide bonds. The molecule has 0 aliphatic carbocycles. The number of nitrogens with one attached hydrogen (secondary N) is 1. The first-order valence-corrected chi connectivity index (χ1v) is 6.82. The third kappa shape index (κ3) is 4.47. The summed E-state index contributed by atoms with van der Waals surface area (Å²) in [5.74, 6) is 0.710. The Morgan fingerprint density at radius 3 is 2.71 bits per heavy atom. The zero-order valence-electron chi connectivity index (χ0n) is 11.7. The van der Waals surface area contributed by atoms with Gasteiger partial charge < -0.3 is 5.32 Å². The van der Waals surface area contributed by atoms with E-state index < -0.39 is 0 Å². The number of likely N-dealkylation sites (N-methyl/N-ethyl adjacent to an activating group) is 1. The molecule has 1 heterocycles. The van der Waals surface area contributed by atoms with Crippen LogP contribution in [0.5, 0.6) is 0 Å². The Morgan fingerprint density at radius 2 is 2.12 bits per heavy atom. The Morgan fingerprint density at radius 1 is 1.35 bits per heavy atom. The summed E-state index contributed by atoms with van der Waals surface area (Å²) in [5.41, 5.74) is 2.54. The first kappa shape index (κ1) is 14.2. The predicted octanol–water partition coefficient (Wildman–Crippen LogP) is 3.35. The lowest BCUT2D eigenvalue weighted by atomic mass is 9.92. The summed E-state index contributed by atoms with van der Waals surface area (Å²) < 4.78 is 0. The first-order chi connectivity index (χ1) is 8.19. The largest absolute Gasteiger partial charge is 0.314 e. The van der Waals surface area contributed by atoms with Crippen LogP contribution in [0, 0.1) is 12.8 Å². The van der Waals surface area contributed by atoms with Gasteiger partial charge in [-0.3, -0.25) is 4.98 Å². The normalized spacial score (nSPS) is 14.6. The number of hydrogen-bond acceptors (Lipinski definition) is 2. The van der Waals surface area contributed by atoms with E-state index >= 15 is 0 Å². The van der Waals surface area contributed by atoms with Gasteiger partial charge in [0.25, 0.3) is 0 Å². The SMILES string of the molecule is CCCC(C)C(Cc1ncccc1C)NCC. The fourth-order valence-corrected chi connectivity index (χ4v) is 2.33. The topological polar surface area (TPSA) is 24.9 Å². The Bertz CT molecular complexity index is 322. The van der Waals surface area contributed by atoms with E-state index in [0.717, 1.165) is 13.0 Å². The van der Waals surface area contributed by atoms with E-state index in [1.54, 1.807) is 0 Å².